The molecule has 0 saturated heterocycles. The Balaban J connectivity index is 1.93. The molecule has 0 aliphatic carbocycles. The van der Waals surface area contributed by atoms with E-state index in [4.69, 9.17) is 0 Å². The number of rotatable bonds is 6. The molecule has 0 bridgehead atoms. The Morgan fingerprint density at radius 1 is 1.35 bits per heavy atom. The van der Waals surface area contributed by atoms with E-state index < -0.39 is 0 Å². The molecular weight excluding hydrogens is 321 g/mol. The molecule has 2 rings (SSSR count). The van der Waals surface area contributed by atoms with E-state index in [9.17, 15) is 4.39 Å². The Morgan fingerprint density at radius 3 is 2.85 bits per heavy atom. The van der Waals surface area contributed by atoms with Crippen molar-refractivity contribution in [1.29, 1.82) is 0 Å². The summed E-state index contributed by atoms with van der Waals surface area (Å²) >= 11 is 3.20. The predicted octanol–water partition coefficient (Wildman–Crippen LogP) is 3.58. The van der Waals surface area contributed by atoms with Gasteiger partial charge in [0, 0.05) is 12.7 Å². The molecule has 1 heterocycles. The molecule has 1 aromatic carbocycles. The van der Waals surface area contributed by atoms with Gasteiger partial charge in [-0.05, 0) is 52.2 Å². The average Bonchev–Trinajstić information content (AvgIpc) is 2.81. The molecule has 2 aromatic rings. The van der Waals surface area contributed by atoms with Gasteiger partial charge in [0.25, 0.3) is 0 Å². The summed E-state index contributed by atoms with van der Waals surface area (Å²) in [6.07, 6.45) is 1.95. The number of hydrogen-bond acceptors (Lipinski definition) is 2. The third-order valence-corrected chi connectivity index (χ3v) is 3.49. The fraction of sp³-hybridized carbons (Fsp3) is 0.400. The van der Waals surface area contributed by atoms with Gasteiger partial charge in [-0.1, -0.05) is 19.9 Å². The Kier molecular flexibility index (Phi) is 5.31. The predicted molar refractivity (Wildman–Crippen MR) is 82.0 cm³/mol. The van der Waals surface area contributed by atoms with Crippen molar-refractivity contribution >= 4 is 15.9 Å². The monoisotopic (exact) mass is 339 g/mol. The van der Waals surface area contributed by atoms with Gasteiger partial charge in [-0.15, -0.1) is 0 Å². The van der Waals surface area contributed by atoms with E-state index in [2.05, 4.69) is 40.2 Å². The highest BCUT2D eigenvalue weighted by Gasteiger charge is 2.03. The maximum atomic E-state index is 13.2. The summed E-state index contributed by atoms with van der Waals surface area (Å²) in [4.78, 5) is 0. The summed E-state index contributed by atoms with van der Waals surface area (Å²) in [5.74, 6) is 0.390. The van der Waals surface area contributed by atoms with E-state index in [1.165, 1.54) is 6.07 Å². The molecule has 0 radical (unpaired) electrons. The summed E-state index contributed by atoms with van der Waals surface area (Å²) in [5.41, 5.74) is 2.04. The van der Waals surface area contributed by atoms with Crippen molar-refractivity contribution in [3.05, 3.63) is 52.0 Å². The molecule has 0 aliphatic heterocycles. The Morgan fingerprint density at radius 2 is 2.15 bits per heavy atom. The van der Waals surface area contributed by atoms with Crippen molar-refractivity contribution in [2.75, 3.05) is 6.54 Å². The number of nitrogens with zero attached hydrogens (tertiary/aromatic N) is 2. The third kappa shape index (κ3) is 4.42. The Labute approximate surface area is 127 Å². The molecule has 0 unspecified atom stereocenters. The molecule has 5 heteroatoms. The highest BCUT2D eigenvalue weighted by atomic mass is 79.9. The number of benzene rings is 1. The van der Waals surface area contributed by atoms with Gasteiger partial charge in [0.05, 0.1) is 16.7 Å². The van der Waals surface area contributed by atoms with Gasteiger partial charge in [0.2, 0.25) is 0 Å². The van der Waals surface area contributed by atoms with Crippen molar-refractivity contribution in [1.82, 2.24) is 15.1 Å². The maximum Gasteiger partial charge on any atom is 0.137 e. The normalized spacial score (nSPS) is 11.2. The SMILES string of the molecule is CC(C)CNCc1ccn(Cc2ccc(F)c(Br)c2)n1. The molecular formula is C15H19BrFN3. The van der Waals surface area contributed by atoms with Crippen LogP contribution >= 0.6 is 15.9 Å². The minimum atomic E-state index is -0.243. The minimum Gasteiger partial charge on any atom is -0.311 e. The zero-order valence-corrected chi connectivity index (χ0v) is 13.3. The molecule has 0 fully saturated rings. The van der Waals surface area contributed by atoms with Crippen LogP contribution in [0.1, 0.15) is 25.1 Å². The lowest BCUT2D eigenvalue weighted by Gasteiger charge is -2.05. The van der Waals surface area contributed by atoms with Crippen molar-refractivity contribution < 1.29 is 4.39 Å². The maximum absolute atomic E-state index is 13.2. The first kappa shape index (κ1) is 15.2. The van der Waals surface area contributed by atoms with Crippen LogP contribution in [0.4, 0.5) is 4.39 Å². The molecule has 1 aromatic heterocycles. The molecule has 3 nitrogen and oxygen atoms in total. The Hall–Kier alpha value is -1.20. The number of nitrogens with one attached hydrogen (secondary N) is 1. The summed E-state index contributed by atoms with van der Waals surface area (Å²) in [5, 5.41) is 7.86. The highest BCUT2D eigenvalue weighted by Crippen LogP contribution is 2.17. The van der Waals surface area contributed by atoms with Gasteiger partial charge in [-0.3, -0.25) is 4.68 Å². The second kappa shape index (κ2) is 6.99. The van der Waals surface area contributed by atoms with Crippen LogP contribution in [-0.4, -0.2) is 16.3 Å². The summed E-state index contributed by atoms with van der Waals surface area (Å²) < 4.78 is 15.5. The number of halogens is 2. The molecule has 0 amide bonds. The van der Waals surface area contributed by atoms with Gasteiger partial charge >= 0.3 is 0 Å². The van der Waals surface area contributed by atoms with E-state index in [1.54, 1.807) is 12.1 Å². The van der Waals surface area contributed by atoms with Crippen molar-refractivity contribution in [3.8, 4) is 0 Å². The van der Waals surface area contributed by atoms with Crippen molar-refractivity contribution in [2.24, 2.45) is 5.92 Å². The van der Waals surface area contributed by atoms with E-state index in [0.717, 1.165) is 24.3 Å². The van der Waals surface area contributed by atoms with Gasteiger partial charge in [0.15, 0.2) is 0 Å². The van der Waals surface area contributed by atoms with Crippen LogP contribution in [0.5, 0.6) is 0 Å². The molecule has 20 heavy (non-hydrogen) atoms. The lowest BCUT2D eigenvalue weighted by molar-refractivity contribution is 0.543. The standard InChI is InChI=1S/C15H19BrFN3/c1-11(2)8-18-9-13-5-6-20(19-13)10-12-3-4-15(17)14(16)7-12/h3-7,11,18H,8-10H2,1-2H3. The number of hydrogen-bond donors (Lipinski definition) is 1. The minimum absolute atomic E-state index is 0.243. The zero-order valence-electron chi connectivity index (χ0n) is 11.7. The first-order chi connectivity index (χ1) is 9.54. The summed E-state index contributed by atoms with van der Waals surface area (Å²) in [6, 6.07) is 7.03. The molecule has 1 N–H and O–H groups in total. The van der Waals surface area contributed by atoms with Crippen LogP contribution < -0.4 is 5.32 Å². The van der Waals surface area contributed by atoms with Crippen LogP contribution in [0.25, 0.3) is 0 Å². The van der Waals surface area contributed by atoms with Gasteiger partial charge in [0.1, 0.15) is 5.82 Å². The molecule has 0 aliphatic rings. The Bertz CT molecular complexity index is 566. The van der Waals surface area contributed by atoms with Gasteiger partial charge in [-0.25, -0.2) is 4.39 Å². The summed E-state index contributed by atoms with van der Waals surface area (Å²) in [7, 11) is 0. The second-order valence-corrected chi connectivity index (χ2v) is 6.13. The quantitative estimate of drug-likeness (QED) is 0.871. The van der Waals surface area contributed by atoms with E-state index in [1.807, 2.05) is 16.9 Å². The van der Waals surface area contributed by atoms with Crippen LogP contribution in [-0.2, 0) is 13.1 Å². The first-order valence-electron chi connectivity index (χ1n) is 6.71. The smallest absolute Gasteiger partial charge is 0.137 e. The second-order valence-electron chi connectivity index (χ2n) is 5.28. The molecule has 0 spiro atoms. The van der Waals surface area contributed by atoms with Crippen LogP contribution in [0.15, 0.2) is 34.9 Å². The lowest BCUT2D eigenvalue weighted by atomic mass is 10.2. The number of aromatic nitrogens is 2. The van der Waals surface area contributed by atoms with Crippen LogP contribution in [0.3, 0.4) is 0 Å². The van der Waals surface area contributed by atoms with Gasteiger partial charge < -0.3 is 5.32 Å². The van der Waals surface area contributed by atoms with E-state index in [0.29, 0.717) is 16.9 Å². The first-order valence-corrected chi connectivity index (χ1v) is 7.51. The van der Waals surface area contributed by atoms with E-state index in [-0.39, 0.29) is 5.82 Å². The van der Waals surface area contributed by atoms with Crippen LogP contribution in [0.2, 0.25) is 0 Å². The highest BCUT2D eigenvalue weighted by molar-refractivity contribution is 9.10. The van der Waals surface area contributed by atoms with Crippen molar-refractivity contribution in [2.45, 2.75) is 26.9 Å². The molecule has 108 valence electrons. The lowest BCUT2D eigenvalue weighted by Crippen LogP contribution is -2.19. The fourth-order valence-corrected chi connectivity index (χ4v) is 2.33. The van der Waals surface area contributed by atoms with Gasteiger partial charge in [-0.2, -0.15) is 5.10 Å². The third-order valence-electron chi connectivity index (χ3n) is 2.88. The van der Waals surface area contributed by atoms with E-state index >= 15 is 0 Å². The summed E-state index contributed by atoms with van der Waals surface area (Å²) in [6.45, 7) is 6.76. The van der Waals surface area contributed by atoms with Crippen molar-refractivity contribution in [3.63, 3.8) is 0 Å². The topological polar surface area (TPSA) is 29.9 Å². The fourth-order valence-electron chi connectivity index (χ4n) is 1.90. The molecule has 0 saturated carbocycles. The average molecular weight is 340 g/mol. The zero-order chi connectivity index (χ0) is 14.5. The van der Waals surface area contributed by atoms with Crippen LogP contribution in [0, 0.1) is 11.7 Å². The molecule has 0 atom stereocenters. The largest absolute Gasteiger partial charge is 0.311 e.